The molecule has 39 nitrogen and oxygen atoms in total. The Balaban J connectivity index is 0. The van der Waals surface area contributed by atoms with Gasteiger partial charge in [-0.25, -0.2) is 71.2 Å². The van der Waals surface area contributed by atoms with Crippen LogP contribution in [0.15, 0.2) is 237 Å². The summed E-state index contributed by atoms with van der Waals surface area (Å²) < 4.78 is 99.5. The quantitative estimate of drug-likeness (QED) is 0.00291. The van der Waals surface area contributed by atoms with Crippen molar-refractivity contribution < 1.29 is 142 Å². The monoisotopic (exact) mass is 2110 g/mol. The van der Waals surface area contributed by atoms with E-state index in [1.165, 1.54) is 104 Å². The largest absolute Gasteiger partial charge is 2.00 e. The van der Waals surface area contributed by atoms with E-state index in [1.807, 2.05) is 36.4 Å². The van der Waals surface area contributed by atoms with Crippen LogP contribution in [0, 0.1) is 92.9 Å². The normalized spacial score (nSPS) is 9.88. The summed E-state index contributed by atoms with van der Waals surface area (Å²) in [7, 11) is 8.24. The molecule has 12 rings (SSSR count). The number of nitrogen functional groups attached to an aromatic ring is 2. The fraction of sp³-hybridized carbons (Fsp3) is 0.206. The molecule has 3 amide bonds. The molecule has 0 aliphatic carbocycles. The van der Waals surface area contributed by atoms with E-state index in [1.54, 1.807) is 167 Å². The molecule has 0 atom stereocenters. The number of halogens is 8. The first kappa shape index (κ1) is 129. The molecule has 0 fully saturated rings. The van der Waals surface area contributed by atoms with Crippen molar-refractivity contribution in [1.29, 1.82) is 5.26 Å². The number of aryl methyl sites for hydroxylation is 2. The van der Waals surface area contributed by atoms with Crippen LogP contribution in [-0.4, -0.2) is 206 Å². The van der Waals surface area contributed by atoms with E-state index >= 15 is 4.39 Å². The number of carbonyl (C=O) groups excluding carboxylic acids is 7. The number of nitro benzene ring substituents is 2. The molecule has 0 aliphatic heterocycles. The number of aromatic carboxylic acids is 2. The standard InChI is InChI=1S/C25H16F2N4O2.C13H10FNO.C12H9N3O2.C10H18O5.C9H9FN2O4.C9H11FN2O3.C7H4FNO4.C6H5.C4H13N3.C2H7NO.BrH.ClH.Mg.H2/c1-15-13-21(31(30-15)18-10-6-9-17(14-18)28-2)25(33)29-23-20(26)12-11-19(22(23)27)24(32)16-7-4-3-5-8-16;14-12-10(7-4-8-11(12)15)13(16)9-5-2-1-3-6-9;1-8-5-11(12(16)17)15(14-8)10-4-2-3-9(6-10)7-13;1-9(2,3)14-7(11)13-8(12)15-10(4,5)6;1-11(16-2)9(13)6-4-3-5-7(8(6)10)12(14)15;1-14-12(15-2)9(13)6-4-3-5-7(11)8(6)10;8-6-4(7(10)11)2-1-3-5(6)9(12)13;1-2-4-6-5-3-1;5-1-3-7-4-2-6;1-3-4-2;;;;/h3-14H,1H3,(H,29,33);1-8H,15H2;2-6H,1H3,(H,16,17);1-6H3;3-5H,1-2H3;3-5H,11H2,1-2H3;1-3H,(H,10,11);1-5H;7H,1-6H2;3H,1-2H3;2*1H;;1H/q;;;;;;;-1;;;;;+2;/p-1. The molecule has 48 heteroatoms. The van der Waals surface area contributed by atoms with E-state index < -0.39 is 132 Å². The van der Waals surface area contributed by atoms with Gasteiger partial charge in [-0.15, -0.1) is 12.4 Å². The van der Waals surface area contributed by atoms with Crippen molar-refractivity contribution in [1.82, 2.24) is 40.6 Å². The van der Waals surface area contributed by atoms with Crippen molar-refractivity contribution in [3.05, 3.63) is 376 Å². The maximum Gasteiger partial charge on any atom is 2.00 e. The smallest absolute Gasteiger partial charge is 1.00 e. The maximum atomic E-state index is 15.1. The van der Waals surface area contributed by atoms with Gasteiger partial charge >= 0.3 is 64.6 Å². The van der Waals surface area contributed by atoms with Crippen LogP contribution in [0.4, 0.5) is 70.1 Å². The fourth-order valence-electron chi connectivity index (χ4n) is 10.6. The minimum Gasteiger partial charge on any atom is -1.00 e. The molecule has 0 bridgehead atoms. The molecular formula is C97H105BrClF6MgN17O22. The summed E-state index contributed by atoms with van der Waals surface area (Å²) >= 11 is 0. The molecule has 0 saturated heterocycles. The second-order valence-corrected chi connectivity index (χ2v) is 29.7. The Morgan fingerprint density at radius 2 is 0.952 bits per heavy atom. The Bertz CT molecular complexity index is 6280. The average Bonchev–Trinajstić information content (AvgIpc) is 1.57. The number of rotatable bonds is 22. The third-order valence-corrected chi connectivity index (χ3v) is 17.0. The van der Waals surface area contributed by atoms with Crippen LogP contribution in [0.1, 0.15) is 144 Å². The topological polar surface area (TPSA) is 555 Å². The number of nitrogens with one attached hydrogen (secondary N) is 3. The molecule has 13 N–H and O–H groups in total. The second kappa shape index (κ2) is 66.1. The molecule has 145 heavy (non-hydrogen) atoms. The van der Waals surface area contributed by atoms with Crippen LogP contribution >= 0.6 is 12.4 Å². The number of nitro groups is 2. The van der Waals surface area contributed by atoms with E-state index in [2.05, 4.69) is 61.3 Å². The van der Waals surface area contributed by atoms with Crippen LogP contribution in [0.2, 0.25) is 0 Å². The zero-order valence-electron chi connectivity index (χ0n) is 80.4. The number of carbonyl (C=O) groups is 9. The van der Waals surface area contributed by atoms with Crippen molar-refractivity contribution in [3.8, 4) is 17.4 Å². The summed E-state index contributed by atoms with van der Waals surface area (Å²) in [5.41, 5.74) is 21.7. The molecule has 12 aromatic rings. The van der Waals surface area contributed by atoms with E-state index in [4.69, 9.17) is 54.5 Å². The number of ether oxygens (including phenoxy) is 3. The van der Waals surface area contributed by atoms with Gasteiger partial charge in [-0.3, -0.25) is 49.0 Å². The van der Waals surface area contributed by atoms with E-state index in [-0.39, 0.29) is 105 Å². The third-order valence-electron chi connectivity index (χ3n) is 17.0. The molecule has 0 saturated carbocycles. The SMILES string of the molecule is CC(C)(C)OC(=O)OC(=O)OC(C)(C)C.CNOC.CON(C)C(=O)c1cccc([N+](=O)[O-])c1F.CON(OC)C(=O)c1cccc(N)c1F.Cc1cc(C(=O)O)n(-c2cccc(C#N)c2)n1.Cl.NCCNCCN.Nc1cccc(C(=O)c2ccccc2)c1F.O=C(O)c1cccc([N+](=O)[O-])c1F.[Br-].[C-]#[N+]c1cccc(-n2nc(C)cc2C(=O)Nc2c(F)ccc(C(=O)c3ccccc3)c2F)c1.[HH].[Mg+2].[c-]1ccccc1. The van der Waals surface area contributed by atoms with E-state index in [0.29, 0.717) is 57.9 Å². The summed E-state index contributed by atoms with van der Waals surface area (Å²) in [5, 5.41) is 61.8. The number of carboxylic acid groups (broad SMARTS) is 2. The summed E-state index contributed by atoms with van der Waals surface area (Å²) in [6.07, 6.45) is -2.12. The minimum atomic E-state index is -1.53. The summed E-state index contributed by atoms with van der Waals surface area (Å²) in [4.78, 5) is 144. The van der Waals surface area contributed by atoms with Gasteiger partial charge in [-0.05, 0) is 146 Å². The van der Waals surface area contributed by atoms with Crippen LogP contribution in [0.3, 0.4) is 0 Å². The molecule has 768 valence electrons. The minimum absolute atomic E-state index is 0. The Hall–Kier alpha value is -15.8. The first-order valence-electron chi connectivity index (χ1n) is 41.3. The average molecular weight is 2110 g/mol. The maximum absolute atomic E-state index is 15.1. The number of benzene rings is 10. The van der Waals surface area contributed by atoms with Gasteiger partial charge in [-0.2, -0.15) is 60.6 Å². The van der Waals surface area contributed by atoms with Gasteiger partial charge in [0, 0.05) is 65.0 Å². The Morgan fingerprint density at radius 1 is 0.545 bits per heavy atom. The Kier molecular flexibility index (Phi) is 58.9. The van der Waals surface area contributed by atoms with E-state index in [9.17, 15) is 85.3 Å². The second-order valence-electron chi connectivity index (χ2n) is 29.7. The molecule has 2 aromatic heterocycles. The number of nitrogens with zero attached hydrogens (tertiary/aromatic N) is 10. The van der Waals surface area contributed by atoms with E-state index in [0.717, 1.165) is 60.6 Å². The molecule has 2 heterocycles. The third kappa shape index (κ3) is 43.7. The number of hydrogen-bond acceptors (Lipinski definition) is 29. The molecular weight excluding hydrogens is 2010 g/mol. The number of amides is 3. The molecule has 0 spiro atoms. The zero-order chi connectivity index (χ0) is 107. The molecule has 0 aliphatic rings. The Labute approximate surface area is 863 Å². The van der Waals surface area contributed by atoms with Gasteiger partial charge in [0.25, 0.3) is 11.8 Å². The van der Waals surface area contributed by atoms with Crippen molar-refractivity contribution >= 4 is 123 Å². The van der Waals surface area contributed by atoms with Crippen molar-refractivity contribution in [2.75, 3.05) is 85.5 Å². The number of anilines is 3. The van der Waals surface area contributed by atoms with Crippen molar-refractivity contribution in [2.45, 2.75) is 66.6 Å². The molecule has 10 aromatic carbocycles. The van der Waals surface area contributed by atoms with Gasteiger partial charge in [-0.1, -0.05) is 108 Å². The zero-order valence-corrected chi connectivity index (χ0v) is 84.3. The number of hydrogen-bond donors (Lipinski definition) is 9. The number of nitriles is 1. The van der Waals surface area contributed by atoms with Crippen molar-refractivity contribution in [3.63, 3.8) is 0 Å². The van der Waals surface area contributed by atoms with Gasteiger partial charge in [0.15, 0.2) is 40.4 Å². The summed E-state index contributed by atoms with van der Waals surface area (Å²) in [6.45, 7) is 23.7. The van der Waals surface area contributed by atoms with Gasteiger partial charge in [0.1, 0.15) is 34.0 Å². The molecule has 0 radical (unpaired) electrons. The van der Waals surface area contributed by atoms with Crippen LogP contribution in [0.5, 0.6) is 0 Å². The molecule has 0 unspecified atom stereocenters. The van der Waals surface area contributed by atoms with Crippen molar-refractivity contribution in [2.24, 2.45) is 11.5 Å². The number of nitrogens with two attached hydrogens (primary N) is 4. The first-order chi connectivity index (χ1) is 67.2. The van der Waals surface area contributed by atoms with Crippen LogP contribution in [0.25, 0.3) is 16.2 Å². The van der Waals surface area contributed by atoms with Gasteiger partial charge in [0.05, 0.1) is 113 Å². The van der Waals surface area contributed by atoms with Gasteiger partial charge < -0.3 is 79.8 Å². The predicted molar refractivity (Wildman–Crippen MR) is 524 cm³/mol. The predicted octanol–water partition coefficient (Wildman–Crippen LogP) is 13.6. The van der Waals surface area contributed by atoms with Crippen LogP contribution < -0.4 is 56.0 Å². The number of aromatic nitrogens is 4. The summed E-state index contributed by atoms with van der Waals surface area (Å²) in [5.74, 6) is -12.1. The fourth-order valence-corrected chi connectivity index (χ4v) is 10.6. The number of carboxylic acids is 2. The van der Waals surface area contributed by atoms with Gasteiger partial charge in [0.2, 0.25) is 11.6 Å². The summed E-state index contributed by atoms with van der Waals surface area (Å²) in [6, 6.07) is 63.9. The Morgan fingerprint density at radius 3 is 1.36 bits per heavy atom. The first-order valence-corrected chi connectivity index (χ1v) is 41.3. The number of ketones is 2. The number of hydroxylamine groups is 5. The van der Waals surface area contributed by atoms with Crippen LogP contribution in [-0.2, 0) is 33.6 Å².